The Labute approximate surface area is 346 Å². The Bertz CT molecular complexity index is 1990. The molecule has 0 saturated carbocycles. The van der Waals surface area contributed by atoms with Crippen LogP contribution < -0.4 is 14.2 Å². The van der Waals surface area contributed by atoms with Crippen LogP contribution in [0.4, 0.5) is 0 Å². The van der Waals surface area contributed by atoms with E-state index in [0.29, 0.717) is 54.1 Å². The van der Waals surface area contributed by atoms with E-state index in [4.69, 9.17) is 14.2 Å². The van der Waals surface area contributed by atoms with Crippen LogP contribution >= 0.6 is 0 Å². The first-order chi connectivity index (χ1) is 26.7. The van der Waals surface area contributed by atoms with Crippen molar-refractivity contribution < 1.29 is 43.9 Å². The van der Waals surface area contributed by atoms with Crippen LogP contribution in [0.15, 0.2) is 47.6 Å². The molecule has 2 aromatic carbocycles. The van der Waals surface area contributed by atoms with Gasteiger partial charge in [-0.2, -0.15) is 0 Å². The zero-order valence-corrected chi connectivity index (χ0v) is 37.2. The minimum atomic E-state index is -0.886. The molecule has 3 N–H and O–H groups in total. The summed E-state index contributed by atoms with van der Waals surface area (Å²) in [5, 5.41) is 29.9. The molecule has 9 heteroatoms. The maximum Gasteiger partial charge on any atom is 0.331 e. The fourth-order valence-corrected chi connectivity index (χ4v) is 9.78. The Morgan fingerprint density at radius 2 is 1.10 bits per heavy atom. The molecule has 2 aromatic rings. The highest BCUT2D eigenvalue weighted by Gasteiger charge is 2.49. The first-order valence-electron chi connectivity index (χ1n) is 21.2. The molecule has 0 saturated heterocycles. The average Bonchev–Trinajstić information content (AvgIpc) is 3.10. The largest absolute Gasteiger partial charge is 0.508 e. The normalized spacial score (nSPS) is 23.1. The van der Waals surface area contributed by atoms with Gasteiger partial charge in [-0.05, 0) is 133 Å². The lowest BCUT2D eigenvalue weighted by Gasteiger charge is -2.47. The zero-order valence-electron chi connectivity index (χ0n) is 37.2. The van der Waals surface area contributed by atoms with Crippen LogP contribution in [-0.4, -0.2) is 44.4 Å². The number of fused-ring (bicyclic) bond motifs is 6. The van der Waals surface area contributed by atoms with E-state index < -0.39 is 28.6 Å². The maximum atomic E-state index is 12.9. The van der Waals surface area contributed by atoms with E-state index in [1.54, 1.807) is 0 Å². The molecule has 0 spiro atoms. The summed E-state index contributed by atoms with van der Waals surface area (Å²) in [7, 11) is 0. The molecular formula is C49H68O9. The number of allylic oxidation sites excluding steroid dienone is 2. The summed E-state index contributed by atoms with van der Waals surface area (Å²) in [6.45, 7) is 26.8. The smallest absolute Gasteiger partial charge is 0.331 e. The predicted octanol–water partition coefficient (Wildman–Crippen LogP) is 11.5. The summed E-state index contributed by atoms with van der Waals surface area (Å²) in [6.07, 6.45) is 9.85. The number of benzene rings is 2. The first kappa shape index (κ1) is 44.8. The van der Waals surface area contributed by atoms with Crippen molar-refractivity contribution in [2.45, 2.75) is 175 Å². The standard InChI is InChI=1S/C27H38O5.C22H30O4/c1-9-12-26(5,6)17-14-20(31-24(30)25(2,3)4)22-18-13-16(23(28)29)10-11-19(18)27(7,8)32-21(22)15-17;1-6-9-21(2,3)14-11-17(23)19-15-10-13(20(24)25)7-8-16(15)22(4,5)26-18(19)12-14/h10,14-15,18-19H,9,11-13H2,1-8H3,(H,28,29);7,11-12,15-16,23H,6,8-10H2,1-5H3,(H,24,25)/t18-,19-;15-,16-/m11/s1. The number of rotatable bonds is 9. The molecule has 0 radical (unpaired) electrons. The predicted molar refractivity (Wildman–Crippen MR) is 227 cm³/mol. The van der Waals surface area contributed by atoms with E-state index in [-0.39, 0.29) is 46.2 Å². The van der Waals surface area contributed by atoms with Crippen molar-refractivity contribution in [3.63, 3.8) is 0 Å². The van der Waals surface area contributed by atoms with Crippen LogP contribution in [-0.2, 0) is 25.2 Å². The Hall–Kier alpha value is -4.27. The minimum Gasteiger partial charge on any atom is -0.508 e. The van der Waals surface area contributed by atoms with Crippen molar-refractivity contribution in [1.29, 1.82) is 0 Å². The van der Waals surface area contributed by atoms with Gasteiger partial charge in [0.1, 0.15) is 34.2 Å². The number of aromatic hydroxyl groups is 1. The number of hydrogen-bond donors (Lipinski definition) is 3. The number of ether oxygens (including phenoxy) is 3. The lowest BCUT2D eigenvalue weighted by atomic mass is 9.66. The van der Waals surface area contributed by atoms with E-state index >= 15 is 0 Å². The van der Waals surface area contributed by atoms with Gasteiger partial charge in [-0.3, -0.25) is 4.79 Å². The Morgan fingerprint density at radius 1 is 0.690 bits per heavy atom. The number of carboxylic acid groups (broad SMARTS) is 2. The molecule has 0 unspecified atom stereocenters. The molecular weight excluding hydrogens is 733 g/mol. The number of phenols is 1. The SMILES string of the molecule is CCCC(C)(C)c1cc(O)c2c(c1)OC(C)(C)[C@@H]1CC=C(C(=O)O)C[C@@H]21.CCCC(C)(C)c1cc(OC(=O)C(C)(C)C)c2c(c1)OC(C)(C)[C@@H]1CC=C(C(=O)O)C[C@@H]21. The van der Waals surface area contributed by atoms with Crippen molar-refractivity contribution >= 4 is 17.9 Å². The molecule has 4 atom stereocenters. The van der Waals surface area contributed by atoms with Crippen LogP contribution in [0.2, 0.25) is 0 Å². The summed E-state index contributed by atoms with van der Waals surface area (Å²) in [5.74, 6) is 0.234. The van der Waals surface area contributed by atoms with E-state index in [1.807, 2.05) is 45.1 Å². The molecule has 0 bridgehead atoms. The topological polar surface area (TPSA) is 140 Å². The lowest BCUT2D eigenvalue weighted by molar-refractivity contribution is -0.143. The van der Waals surface area contributed by atoms with Crippen LogP contribution in [0.5, 0.6) is 23.0 Å². The summed E-state index contributed by atoms with van der Waals surface area (Å²) < 4.78 is 18.9. The van der Waals surface area contributed by atoms with Gasteiger partial charge in [-0.25, -0.2) is 9.59 Å². The zero-order chi connectivity index (χ0) is 43.3. The summed E-state index contributed by atoms with van der Waals surface area (Å²) >= 11 is 0. The second-order valence-electron chi connectivity index (χ2n) is 20.5. The van der Waals surface area contributed by atoms with Gasteiger partial charge < -0.3 is 29.5 Å². The van der Waals surface area contributed by atoms with Crippen molar-refractivity contribution in [3.05, 3.63) is 69.8 Å². The van der Waals surface area contributed by atoms with E-state index in [9.17, 15) is 29.7 Å². The number of phenolic OH excluding ortho intramolecular Hbond substituents is 1. The second-order valence-corrected chi connectivity index (χ2v) is 20.5. The highest BCUT2D eigenvalue weighted by Crippen LogP contribution is 2.57. The van der Waals surface area contributed by atoms with Crippen LogP contribution in [0, 0.1) is 17.3 Å². The molecule has 318 valence electrons. The number of carbonyl (C=O) groups is 3. The van der Waals surface area contributed by atoms with E-state index in [0.717, 1.165) is 47.9 Å². The summed E-state index contributed by atoms with van der Waals surface area (Å²) in [6, 6.07) is 7.97. The van der Waals surface area contributed by atoms with Crippen molar-refractivity contribution in [1.82, 2.24) is 0 Å². The van der Waals surface area contributed by atoms with Gasteiger partial charge in [-0.15, -0.1) is 0 Å². The molecule has 2 aliphatic heterocycles. The fourth-order valence-electron chi connectivity index (χ4n) is 9.78. The molecule has 0 fully saturated rings. The number of hydrogen-bond acceptors (Lipinski definition) is 7. The minimum absolute atomic E-state index is 0.0341. The van der Waals surface area contributed by atoms with E-state index in [1.165, 1.54) is 0 Å². The molecule has 58 heavy (non-hydrogen) atoms. The summed E-state index contributed by atoms with van der Waals surface area (Å²) in [5.41, 5.74) is 2.89. The second kappa shape index (κ2) is 16.1. The Morgan fingerprint density at radius 3 is 1.52 bits per heavy atom. The van der Waals surface area contributed by atoms with Crippen molar-refractivity contribution in [2.24, 2.45) is 17.3 Å². The third-order valence-electron chi connectivity index (χ3n) is 13.3. The molecule has 2 aliphatic carbocycles. The first-order valence-corrected chi connectivity index (χ1v) is 21.2. The molecule has 4 aliphatic rings. The third kappa shape index (κ3) is 8.98. The van der Waals surface area contributed by atoms with Gasteiger partial charge in [0.25, 0.3) is 0 Å². The van der Waals surface area contributed by atoms with Crippen LogP contribution in [0.3, 0.4) is 0 Å². The van der Waals surface area contributed by atoms with E-state index in [2.05, 4.69) is 81.4 Å². The van der Waals surface area contributed by atoms with Gasteiger partial charge in [0, 0.05) is 45.9 Å². The maximum absolute atomic E-state index is 12.9. The van der Waals surface area contributed by atoms with Gasteiger partial charge in [0.2, 0.25) is 0 Å². The van der Waals surface area contributed by atoms with Gasteiger partial charge >= 0.3 is 17.9 Å². The number of esters is 1. The van der Waals surface area contributed by atoms with Crippen molar-refractivity contribution in [2.75, 3.05) is 0 Å². The van der Waals surface area contributed by atoms with Gasteiger partial charge in [0.05, 0.1) is 5.41 Å². The molecule has 6 rings (SSSR count). The highest BCUT2D eigenvalue weighted by molar-refractivity contribution is 5.87. The third-order valence-corrected chi connectivity index (χ3v) is 13.3. The van der Waals surface area contributed by atoms with Crippen LogP contribution in [0.25, 0.3) is 0 Å². The molecule has 0 amide bonds. The average molecular weight is 801 g/mol. The summed E-state index contributed by atoms with van der Waals surface area (Å²) in [4.78, 5) is 36.1. The number of carbonyl (C=O) groups excluding carboxylic acids is 1. The molecule has 9 nitrogen and oxygen atoms in total. The lowest BCUT2D eigenvalue weighted by Crippen LogP contribution is -2.46. The molecule has 2 heterocycles. The quantitative estimate of drug-likeness (QED) is 0.167. The number of aliphatic carboxylic acids is 2. The highest BCUT2D eigenvalue weighted by atomic mass is 16.5. The van der Waals surface area contributed by atoms with Crippen LogP contribution in [0.1, 0.15) is 175 Å². The van der Waals surface area contributed by atoms with Crippen molar-refractivity contribution in [3.8, 4) is 23.0 Å². The fraction of sp³-hybridized carbons (Fsp3) is 0.612. The van der Waals surface area contributed by atoms with Gasteiger partial charge in [-0.1, -0.05) is 66.5 Å². The Balaban J connectivity index is 0.000000226. The molecule has 0 aromatic heterocycles. The Kier molecular flexibility index (Phi) is 12.4. The monoisotopic (exact) mass is 800 g/mol. The number of carboxylic acids is 2. The van der Waals surface area contributed by atoms with Gasteiger partial charge in [0.15, 0.2) is 0 Å².